The van der Waals surface area contributed by atoms with Gasteiger partial charge in [-0.15, -0.1) is 12.4 Å². The summed E-state index contributed by atoms with van der Waals surface area (Å²) in [6.45, 7) is 2.04. The molecule has 19 heavy (non-hydrogen) atoms. The first-order valence-corrected chi connectivity index (χ1v) is 6.43. The van der Waals surface area contributed by atoms with Crippen LogP contribution in [0.1, 0.15) is 32.6 Å². The lowest BCUT2D eigenvalue weighted by Gasteiger charge is -2.38. The lowest BCUT2D eigenvalue weighted by atomic mass is 9.96. The van der Waals surface area contributed by atoms with Gasteiger partial charge in [0.15, 0.2) is 0 Å². The van der Waals surface area contributed by atoms with Crippen molar-refractivity contribution in [2.45, 2.75) is 51.1 Å². The number of carbonyl (C=O) groups is 1. The zero-order valence-electron chi connectivity index (χ0n) is 11.2. The van der Waals surface area contributed by atoms with Crippen molar-refractivity contribution in [1.29, 1.82) is 0 Å². The van der Waals surface area contributed by atoms with Crippen molar-refractivity contribution in [3.63, 3.8) is 0 Å². The summed E-state index contributed by atoms with van der Waals surface area (Å²) in [5, 5.41) is 0. The number of nitrogens with zero attached hydrogens (tertiary/aromatic N) is 1. The van der Waals surface area contributed by atoms with E-state index in [0.29, 0.717) is 6.54 Å². The maximum absolute atomic E-state index is 12.0. The first-order chi connectivity index (χ1) is 8.52. The van der Waals surface area contributed by atoms with E-state index in [2.05, 4.69) is 0 Å². The molecule has 0 aromatic carbocycles. The first kappa shape index (κ1) is 18.5. The second-order valence-electron chi connectivity index (χ2n) is 4.73. The minimum Gasteiger partial charge on any atom is -0.375 e. The standard InChI is InChI=1S/C12H22F2N2O2.ClH/c1-9(15)10-4-2-3-6-16(10)12(17)5-7-18-8-11(13)14;/h9-11H,2-8,15H2,1H3;1H. The third kappa shape index (κ3) is 6.49. The highest BCUT2D eigenvalue weighted by molar-refractivity contribution is 5.85. The van der Waals surface area contributed by atoms with Gasteiger partial charge in [0.05, 0.1) is 13.0 Å². The Morgan fingerprint density at radius 2 is 2.16 bits per heavy atom. The molecule has 1 amide bonds. The molecule has 114 valence electrons. The van der Waals surface area contributed by atoms with Gasteiger partial charge >= 0.3 is 0 Å². The van der Waals surface area contributed by atoms with Crippen molar-refractivity contribution in [2.75, 3.05) is 19.8 Å². The van der Waals surface area contributed by atoms with Crippen molar-refractivity contribution < 1.29 is 18.3 Å². The molecular formula is C12H23ClF2N2O2. The molecule has 1 heterocycles. The van der Waals surface area contributed by atoms with Crippen LogP contribution in [0.5, 0.6) is 0 Å². The van der Waals surface area contributed by atoms with Crippen LogP contribution in [0, 0.1) is 0 Å². The lowest BCUT2D eigenvalue weighted by Crippen LogP contribution is -2.51. The zero-order valence-corrected chi connectivity index (χ0v) is 12.0. The monoisotopic (exact) mass is 300 g/mol. The molecule has 0 aromatic heterocycles. The molecule has 1 aliphatic heterocycles. The van der Waals surface area contributed by atoms with E-state index in [1.807, 2.05) is 6.92 Å². The third-order valence-corrected chi connectivity index (χ3v) is 3.18. The summed E-state index contributed by atoms with van der Waals surface area (Å²) in [6.07, 6.45) is 0.647. The van der Waals surface area contributed by atoms with E-state index in [-0.39, 0.29) is 43.4 Å². The number of alkyl halides is 2. The summed E-state index contributed by atoms with van der Waals surface area (Å²) in [4.78, 5) is 13.7. The molecule has 1 rings (SSSR count). The number of amides is 1. The predicted molar refractivity (Wildman–Crippen MR) is 71.7 cm³/mol. The van der Waals surface area contributed by atoms with Crippen molar-refractivity contribution >= 4 is 18.3 Å². The maximum Gasteiger partial charge on any atom is 0.261 e. The van der Waals surface area contributed by atoms with Crippen LogP contribution >= 0.6 is 12.4 Å². The van der Waals surface area contributed by atoms with Crippen molar-refractivity contribution in [2.24, 2.45) is 5.73 Å². The quantitative estimate of drug-likeness (QED) is 0.761. The lowest BCUT2D eigenvalue weighted by molar-refractivity contribution is -0.136. The molecule has 0 aromatic rings. The summed E-state index contributed by atoms with van der Waals surface area (Å²) in [5.74, 6) is -0.0498. The highest BCUT2D eigenvalue weighted by Gasteiger charge is 2.28. The van der Waals surface area contributed by atoms with E-state index in [0.717, 1.165) is 19.3 Å². The fourth-order valence-electron chi connectivity index (χ4n) is 2.29. The van der Waals surface area contributed by atoms with Gasteiger partial charge in [0.2, 0.25) is 5.91 Å². The Morgan fingerprint density at radius 1 is 1.47 bits per heavy atom. The first-order valence-electron chi connectivity index (χ1n) is 6.43. The van der Waals surface area contributed by atoms with E-state index in [4.69, 9.17) is 10.5 Å². The minimum atomic E-state index is -2.48. The largest absolute Gasteiger partial charge is 0.375 e. The van der Waals surface area contributed by atoms with Crippen LogP contribution < -0.4 is 5.73 Å². The molecule has 7 heteroatoms. The summed E-state index contributed by atoms with van der Waals surface area (Å²) in [5.41, 5.74) is 5.87. The second-order valence-corrected chi connectivity index (χ2v) is 4.73. The topological polar surface area (TPSA) is 55.6 Å². The molecule has 0 saturated carbocycles. The van der Waals surface area contributed by atoms with Gasteiger partial charge in [-0.25, -0.2) is 8.78 Å². The molecule has 0 aliphatic carbocycles. The SMILES string of the molecule is CC(N)C1CCCCN1C(=O)CCOCC(F)F.Cl. The Morgan fingerprint density at radius 3 is 2.74 bits per heavy atom. The Kier molecular flexibility index (Phi) is 9.22. The average Bonchev–Trinajstić information content (AvgIpc) is 2.34. The molecular weight excluding hydrogens is 278 g/mol. The normalized spacial score (nSPS) is 21.1. The van der Waals surface area contributed by atoms with Gasteiger partial charge in [0, 0.05) is 18.6 Å². The predicted octanol–water partition coefficient (Wildman–Crippen LogP) is 1.81. The Labute approximate surface area is 119 Å². The van der Waals surface area contributed by atoms with Crippen LogP contribution in [0.2, 0.25) is 0 Å². The molecule has 4 nitrogen and oxygen atoms in total. The zero-order chi connectivity index (χ0) is 13.5. The van der Waals surface area contributed by atoms with Gasteiger partial charge in [0.25, 0.3) is 6.43 Å². The average molecular weight is 301 g/mol. The summed E-state index contributed by atoms with van der Waals surface area (Å²) < 4.78 is 28.4. The van der Waals surface area contributed by atoms with Crippen LogP contribution in [0.15, 0.2) is 0 Å². The molecule has 2 N–H and O–H groups in total. The Bertz CT molecular complexity index is 268. The summed E-state index contributed by atoms with van der Waals surface area (Å²) >= 11 is 0. The number of likely N-dealkylation sites (tertiary alicyclic amines) is 1. The van der Waals surface area contributed by atoms with Gasteiger partial charge in [-0.05, 0) is 26.2 Å². The van der Waals surface area contributed by atoms with Crippen molar-refractivity contribution in [1.82, 2.24) is 4.90 Å². The molecule has 2 unspecified atom stereocenters. The molecule has 1 saturated heterocycles. The molecule has 0 spiro atoms. The number of carbonyl (C=O) groups excluding carboxylic acids is 1. The van der Waals surface area contributed by atoms with Gasteiger partial charge in [-0.1, -0.05) is 0 Å². The fraction of sp³-hybridized carbons (Fsp3) is 0.917. The van der Waals surface area contributed by atoms with Crippen molar-refractivity contribution in [3.8, 4) is 0 Å². The molecule has 1 fully saturated rings. The molecule has 2 atom stereocenters. The molecule has 0 radical (unpaired) electrons. The maximum atomic E-state index is 12.0. The number of piperidine rings is 1. The van der Waals surface area contributed by atoms with E-state index in [1.54, 1.807) is 4.90 Å². The smallest absolute Gasteiger partial charge is 0.261 e. The van der Waals surface area contributed by atoms with E-state index in [1.165, 1.54) is 0 Å². The Balaban J connectivity index is 0.00000324. The van der Waals surface area contributed by atoms with Crippen molar-refractivity contribution in [3.05, 3.63) is 0 Å². The van der Waals surface area contributed by atoms with Gasteiger partial charge < -0.3 is 15.4 Å². The van der Waals surface area contributed by atoms with E-state index < -0.39 is 13.0 Å². The number of halogens is 3. The van der Waals surface area contributed by atoms with Crippen LogP contribution in [0.4, 0.5) is 8.78 Å². The van der Waals surface area contributed by atoms with Gasteiger partial charge in [-0.2, -0.15) is 0 Å². The van der Waals surface area contributed by atoms with Crippen LogP contribution in [0.3, 0.4) is 0 Å². The molecule has 1 aliphatic rings. The summed E-state index contributed by atoms with van der Waals surface area (Å²) in [6, 6.07) is 0.0116. The molecule has 0 bridgehead atoms. The van der Waals surface area contributed by atoms with Crippen LogP contribution in [0.25, 0.3) is 0 Å². The highest BCUT2D eigenvalue weighted by atomic mass is 35.5. The number of hydrogen-bond acceptors (Lipinski definition) is 3. The number of hydrogen-bond donors (Lipinski definition) is 1. The number of ether oxygens (including phenoxy) is 1. The Hall–Kier alpha value is -0.460. The third-order valence-electron chi connectivity index (χ3n) is 3.18. The number of rotatable bonds is 6. The number of nitrogens with two attached hydrogens (primary N) is 1. The van der Waals surface area contributed by atoms with Gasteiger partial charge in [0.1, 0.15) is 6.61 Å². The summed E-state index contributed by atoms with van der Waals surface area (Å²) in [7, 11) is 0. The van der Waals surface area contributed by atoms with Gasteiger partial charge in [-0.3, -0.25) is 4.79 Å². The van der Waals surface area contributed by atoms with E-state index >= 15 is 0 Å². The fourth-order valence-corrected chi connectivity index (χ4v) is 2.29. The van der Waals surface area contributed by atoms with Crippen LogP contribution in [-0.2, 0) is 9.53 Å². The second kappa shape index (κ2) is 9.44. The van der Waals surface area contributed by atoms with E-state index in [9.17, 15) is 13.6 Å². The highest BCUT2D eigenvalue weighted by Crippen LogP contribution is 2.19. The minimum absolute atomic E-state index is 0. The van der Waals surface area contributed by atoms with Crippen LogP contribution in [-0.4, -0.2) is 49.1 Å².